The molecule has 0 bridgehead atoms. The van der Waals surface area contributed by atoms with Crippen LogP contribution in [0.15, 0.2) is 53.4 Å². The van der Waals surface area contributed by atoms with E-state index in [1.165, 1.54) is 11.2 Å². The Hall–Kier alpha value is -2.69. The number of Topliss-reactive ketones (excluding diaryl/α,β-unsaturated/α-hetero) is 1. The third kappa shape index (κ3) is 4.02. The van der Waals surface area contributed by atoms with Crippen molar-refractivity contribution in [3.63, 3.8) is 0 Å². The number of benzene rings is 2. The Balaban J connectivity index is 1.85. The van der Waals surface area contributed by atoms with Gasteiger partial charge in [0.1, 0.15) is 6.07 Å². The maximum Gasteiger partial charge on any atom is 0.243 e. The first kappa shape index (κ1) is 19.1. The maximum absolute atomic E-state index is 12.9. The van der Waals surface area contributed by atoms with Crippen LogP contribution in [0.25, 0.3) is 0 Å². The molecule has 140 valence electrons. The van der Waals surface area contributed by atoms with Crippen molar-refractivity contribution in [3.8, 4) is 6.07 Å². The van der Waals surface area contributed by atoms with E-state index in [2.05, 4.69) is 6.07 Å². The lowest BCUT2D eigenvalue weighted by Crippen LogP contribution is -2.35. The number of carbonyl (C=O) groups is 1. The Labute approximate surface area is 159 Å². The SMILES string of the molecule is CC(=O)c1ccc(C#N)c(N2CCCN(S(=O)(=O)c3ccccc3)CC2)c1. The number of hydrogen-bond donors (Lipinski definition) is 0. The van der Waals surface area contributed by atoms with Crippen LogP contribution in [-0.2, 0) is 10.0 Å². The fraction of sp³-hybridized carbons (Fsp3) is 0.300. The van der Waals surface area contributed by atoms with E-state index in [-0.39, 0.29) is 10.7 Å². The largest absolute Gasteiger partial charge is 0.369 e. The highest BCUT2D eigenvalue weighted by molar-refractivity contribution is 7.89. The third-order valence-electron chi connectivity index (χ3n) is 4.70. The minimum Gasteiger partial charge on any atom is -0.369 e. The van der Waals surface area contributed by atoms with Gasteiger partial charge in [-0.1, -0.05) is 18.2 Å². The van der Waals surface area contributed by atoms with Crippen LogP contribution in [0, 0.1) is 11.3 Å². The zero-order valence-electron chi connectivity index (χ0n) is 15.1. The number of rotatable bonds is 4. The molecule has 0 aliphatic carbocycles. The second-order valence-electron chi connectivity index (χ2n) is 6.46. The van der Waals surface area contributed by atoms with Gasteiger partial charge in [0.2, 0.25) is 10.0 Å². The zero-order valence-corrected chi connectivity index (χ0v) is 15.9. The fourth-order valence-electron chi connectivity index (χ4n) is 3.22. The number of nitrogens with zero attached hydrogens (tertiary/aromatic N) is 3. The lowest BCUT2D eigenvalue weighted by Gasteiger charge is -2.25. The van der Waals surface area contributed by atoms with Crippen molar-refractivity contribution in [1.29, 1.82) is 5.26 Å². The summed E-state index contributed by atoms with van der Waals surface area (Å²) in [4.78, 5) is 14.0. The summed E-state index contributed by atoms with van der Waals surface area (Å²) < 4.78 is 27.2. The summed E-state index contributed by atoms with van der Waals surface area (Å²) in [6, 6.07) is 15.6. The molecule has 0 saturated carbocycles. The van der Waals surface area contributed by atoms with Crippen molar-refractivity contribution in [3.05, 3.63) is 59.7 Å². The molecule has 1 heterocycles. The van der Waals surface area contributed by atoms with E-state index in [1.54, 1.807) is 48.5 Å². The molecule has 0 atom stereocenters. The summed E-state index contributed by atoms with van der Waals surface area (Å²) in [6.45, 7) is 3.31. The Kier molecular flexibility index (Phi) is 5.59. The van der Waals surface area contributed by atoms with Gasteiger partial charge in [0, 0.05) is 31.7 Å². The van der Waals surface area contributed by atoms with Gasteiger partial charge in [-0.3, -0.25) is 4.79 Å². The highest BCUT2D eigenvalue weighted by Crippen LogP contribution is 2.25. The number of hydrogen-bond acceptors (Lipinski definition) is 5. The van der Waals surface area contributed by atoms with E-state index in [1.807, 2.05) is 4.90 Å². The normalized spacial score (nSPS) is 15.8. The first-order chi connectivity index (χ1) is 12.9. The molecule has 1 fully saturated rings. The topological polar surface area (TPSA) is 81.5 Å². The van der Waals surface area contributed by atoms with Crippen LogP contribution >= 0.6 is 0 Å². The van der Waals surface area contributed by atoms with E-state index in [4.69, 9.17) is 0 Å². The summed E-state index contributed by atoms with van der Waals surface area (Å²) in [5.74, 6) is -0.0659. The van der Waals surface area contributed by atoms with Crippen LogP contribution in [0.2, 0.25) is 0 Å². The smallest absolute Gasteiger partial charge is 0.243 e. The van der Waals surface area contributed by atoms with E-state index < -0.39 is 10.0 Å². The van der Waals surface area contributed by atoms with Crippen molar-refractivity contribution in [2.75, 3.05) is 31.1 Å². The van der Waals surface area contributed by atoms with Crippen LogP contribution in [0.4, 0.5) is 5.69 Å². The Morgan fingerprint density at radius 3 is 2.44 bits per heavy atom. The third-order valence-corrected chi connectivity index (χ3v) is 6.61. The molecule has 3 rings (SSSR count). The zero-order chi connectivity index (χ0) is 19.4. The minimum atomic E-state index is -3.54. The van der Waals surface area contributed by atoms with Crippen molar-refractivity contribution in [1.82, 2.24) is 4.31 Å². The number of sulfonamides is 1. The van der Waals surface area contributed by atoms with Crippen molar-refractivity contribution in [2.24, 2.45) is 0 Å². The molecule has 6 nitrogen and oxygen atoms in total. The number of ketones is 1. The second-order valence-corrected chi connectivity index (χ2v) is 8.40. The summed E-state index contributed by atoms with van der Waals surface area (Å²) in [5, 5.41) is 9.41. The second kappa shape index (κ2) is 7.91. The molecule has 0 aromatic heterocycles. The van der Waals surface area contributed by atoms with Gasteiger partial charge in [0.25, 0.3) is 0 Å². The molecule has 1 aliphatic heterocycles. The molecule has 0 N–H and O–H groups in total. The quantitative estimate of drug-likeness (QED) is 0.758. The molecular weight excluding hydrogens is 362 g/mol. The van der Waals surface area contributed by atoms with Crippen LogP contribution in [0.3, 0.4) is 0 Å². The molecule has 0 radical (unpaired) electrons. The van der Waals surface area contributed by atoms with Gasteiger partial charge < -0.3 is 4.90 Å². The predicted octanol–water partition coefficient (Wildman–Crippen LogP) is 2.66. The molecule has 2 aromatic carbocycles. The standard InChI is InChI=1S/C20H21N3O3S/c1-16(24)17-8-9-18(15-21)20(14-17)22-10-5-11-23(13-12-22)27(25,26)19-6-3-2-4-7-19/h2-4,6-9,14H,5,10-13H2,1H3. The number of carbonyl (C=O) groups excluding carboxylic acids is 1. The summed E-state index contributed by atoms with van der Waals surface area (Å²) in [5.41, 5.74) is 1.71. The molecule has 7 heteroatoms. The Morgan fingerprint density at radius 2 is 1.78 bits per heavy atom. The van der Waals surface area contributed by atoms with Gasteiger partial charge in [-0.05, 0) is 43.7 Å². The van der Waals surface area contributed by atoms with Crippen molar-refractivity contribution >= 4 is 21.5 Å². The summed E-state index contributed by atoms with van der Waals surface area (Å²) >= 11 is 0. The first-order valence-electron chi connectivity index (χ1n) is 8.78. The lowest BCUT2D eigenvalue weighted by molar-refractivity contribution is 0.101. The van der Waals surface area contributed by atoms with Gasteiger partial charge >= 0.3 is 0 Å². The van der Waals surface area contributed by atoms with Gasteiger partial charge in [0.15, 0.2) is 5.78 Å². The fourth-order valence-corrected chi connectivity index (χ4v) is 4.71. The van der Waals surface area contributed by atoms with Crippen LogP contribution in [0.5, 0.6) is 0 Å². The van der Waals surface area contributed by atoms with Crippen molar-refractivity contribution < 1.29 is 13.2 Å². The molecule has 1 aliphatic rings. The van der Waals surface area contributed by atoms with Crippen molar-refractivity contribution in [2.45, 2.75) is 18.2 Å². The molecule has 0 spiro atoms. The number of anilines is 1. The Morgan fingerprint density at radius 1 is 1.04 bits per heavy atom. The van der Waals surface area contributed by atoms with Crippen LogP contribution in [-0.4, -0.2) is 44.7 Å². The summed E-state index contributed by atoms with van der Waals surface area (Å²) in [7, 11) is -3.54. The maximum atomic E-state index is 12.9. The van der Waals surface area contributed by atoms with E-state index in [9.17, 15) is 18.5 Å². The van der Waals surface area contributed by atoms with Gasteiger partial charge in [0.05, 0.1) is 16.1 Å². The van der Waals surface area contributed by atoms with Gasteiger partial charge in [-0.15, -0.1) is 0 Å². The van der Waals surface area contributed by atoms with Gasteiger partial charge in [-0.25, -0.2) is 8.42 Å². The predicted molar refractivity (Wildman–Crippen MR) is 103 cm³/mol. The van der Waals surface area contributed by atoms with Crippen LogP contribution in [0.1, 0.15) is 29.3 Å². The highest BCUT2D eigenvalue weighted by Gasteiger charge is 2.27. The highest BCUT2D eigenvalue weighted by atomic mass is 32.2. The van der Waals surface area contributed by atoms with E-state index in [0.29, 0.717) is 49.4 Å². The molecule has 0 unspecified atom stereocenters. The average Bonchev–Trinajstić information content (AvgIpc) is 2.94. The molecule has 1 saturated heterocycles. The molecule has 27 heavy (non-hydrogen) atoms. The Bertz CT molecular complexity index is 981. The van der Waals surface area contributed by atoms with Crippen LogP contribution < -0.4 is 4.90 Å². The molecule has 2 aromatic rings. The molecule has 0 amide bonds. The minimum absolute atomic E-state index is 0.0659. The summed E-state index contributed by atoms with van der Waals surface area (Å²) in [6.07, 6.45) is 0.640. The average molecular weight is 383 g/mol. The van der Waals surface area contributed by atoms with E-state index in [0.717, 1.165) is 0 Å². The van der Waals surface area contributed by atoms with Gasteiger partial charge in [-0.2, -0.15) is 9.57 Å². The molecular formula is C20H21N3O3S. The van der Waals surface area contributed by atoms with E-state index >= 15 is 0 Å². The monoisotopic (exact) mass is 383 g/mol. The number of nitriles is 1. The lowest BCUT2D eigenvalue weighted by atomic mass is 10.1. The first-order valence-corrected chi connectivity index (χ1v) is 10.2.